The van der Waals surface area contributed by atoms with E-state index >= 15 is 0 Å². The molecule has 0 fully saturated rings. The molecule has 0 aliphatic heterocycles. The van der Waals surface area contributed by atoms with Crippen molar-refractivity contribution in [2.75, 3.05) is 19.0 Å². The number of carbonyl (C=O) groups is 2. The number of aryl methyl sites for hydroxylation is 1. The Morgan fingerprint density at radius 3 is 2.40 bits per heavy atom. The van der Waals surface area contributed by atoms with E-state index in [2.05, 4.69) is 10.5 Å². The van der Waals surface area contributed by atoms with E-state index < -0.39 is 12.1 Å². The zero-order valence-corrected chi connectivity index (χ0v) is 20.0. The van der Waals surface area contributed by atoms with Crippen molar-refractivity contribution in [1.29, 1.82) is 0 Å². The lowest BCUT2D eigenvalue weighted by Crippen LogP contribution is -2.16. The van der Waals surface area contributed by atoms with E-state index in [0.29, 0.717) is 39.7 Å². The lowest BCUT2D eigenvalue weighted by Gasteiger charge is -2.10. The molecule has 4 aromatic rings. The number of esters is 1. The molecule has 0 spiro atoms. The van der Waals surface area contributed by atoms with E-state index in [1.54, 1.807) is 25.1 Å². The van der Waals surface area contributed by atoms with E-state index in [9.17, 15) is 9.59 Å². The van der Waals surface area contributed by atoms with Gasteiger partial charge in [-0.1, -0.05) is 77.4 Å². The lowest BCUT2D eigenvalue weighted by atomic mass is 9.98. The van der Waals surface area contributed by atoms with Gasteiger partial charge in [-0.15, -0.1) is 0 Å². The Kier molecular flexibility index (Phi) is 7.48. The third kappa shape index (κ3) is 5.53. The summed E-state index contributed by atoms with van der Waals surface area (Å²) in [5, 5.41) is 7.35. The first-order valence-corrected chi connectivity index (χ1v) is 11.3. The van der Waals surface area contributed by atoms with Crippen LogP contribution in [0.4, 0.5) is 10.5 Å². The zero-order chi connectivity index (χ0) is 24.8. The Labute approximate surface area is 207 Å². The molecule has 0 aliphatic carbocycles. The first kappa shape index (κ1) is 24.0. The molecule has 35 heavy (non-hydrogen) atoms. The molecule has 0 bridgehead atoms. The highest BCUT2D eigenvalue weighted by Gasteiger charge is 2.19. The second kappa shape index (κ2) is 10.9. The number of benzene rings is 3. The Bertz CT molecular complexity index is 1350. The second-order valence-corrected chi connectivity index (χ2v) is 8.10. The Morgan fingerprint density at radius 2 is 1.66 bits per heavy atom. The van der Waals surface area contributed by atoms with Gasteiger partial charge in [-0.2, -0.15) is 0 Å². The zero-order valence-electron chi connectivity index (χ0n) is 19.2. The van der Waals surface area contributed by atoms with Crippen LogP contribution in [0.2, 0.25) is 5.02 Å². The van der Waals surface area contributed by atoms with Crippen LogP contribution in [0.3, 0.4) is 0 Å². The van der Waals surface area contributed by atoms with E-state index in [0.717, 1.165) is 16.7 Å². The van der Waals surface area contributed by atoms with Crippen LogP contribution in [0, 0.1) is 6.92 Å². The van der Waals surface area contributed by atoms with Crippen molar-refractivity contribution in [3.8, 4) is 22.5 Å². The molecule has 0 atom stereocenters. The summed E-state index contributed by atoms with van der Waals surface area (Å²) in [5.74, 6) is -0.00609. The van der Waals surface area contributed by atoms with Gasteiger partial charge in [0.15, 0.2) is 5.76 Å². The first-order chi connectivity index (χ1) is 17.0. The van der Waals surface area contributed by atoms with Crippen molar-refractivity contribution in [1.82, 2.24) is 5.16 Å². The molecule has 0 saturated carbocycles. The lowest BCUT2D eigenvalue weighted by molar-refractivity contribution is 0.0601. The van der Waals surface area contributed by atoms with Gasteiger partial charge in [0, 0.05) is 17.0 Å². The van der Waals surface area contributed by atoms with E-state index in [1.165, 1.54) is 7.11 Å². The molecule has 0 unspecified atom stereocenters. The Morgan fingerprint density at radius 1 is 0.971 bits per heavy atom. The smallest absolute Gasteiger partial charge is 0.411 e. The molecule has 0 radical (unpaired) electrons. The maximum Gasteiger partial charge on any atom is 0.411 e. The summed E-state index contributed by atoms with van der Waals surface area (Å²) in [6.45, 7) is 1.90. The van der Waals surface area contributed by atoms with Crippen LogP contribution in [0.15, 0.2) is 77.3 Å². The van der Waals surface area contributed by atoms with Gasteiger partial charge in [0.2, 0.25) is 0 Å². The number of nitrogens with one attached hydrogen (secondary N) is 1. The van der Waals surface area contributed by atoms with Gasteiger partial charge < -0.3 is 14.0 Å². The van der Waals surface area contributed by atoms with Crippen LogP contribution in [0.25, 0.3) is 22.5 Å². The Hall–Kier alpha value is -4.10. The number of ether oxygens (including phenoxy) is 2. The molecule has 7 nitrogen and oxygen atoms in total. The third-order valence-corrected chi connectivity index (χ3v) is 5.81. The number of nitrogens with zero attached hydrogens (tertiary/aromatic N) is 1. The number of carbonyl (C=O) groups excluding carboxylic acids is 2. The van der Waals surface area contributed by atoms with Crippen molar-refractivity contribution in [3.63, 3.8) is 0 Å². The minimum atomic E-state index is -0.617. The highest BCUT2D eigenvalue weighted by Crippen LogP contribution is 2.33. The van der Waals surface area contributed by atoms with E-state index in [4.69, 9.17) is 25.6 Å². The van der Waals surface area contributed by atoms with Gasteiger partial charge >= 0.3 is 12.1 Å². The van der Waals surface area contributed by atoms with Crippen molar-refractivity contribution in [3.05, 3.63) is 94.6 Å². The van der Waals surface area contributed by atoms with E-state index in [-0.39, 0.29) is 6.61 Å². The minimum absolute atomic E-state index is 0.170. The number of halogens is 1. The second-order valence-electron chi connectivity index (χ2n) is 7.69. The average Bonchev–Trinajstić information content (AvgIpc) is 3.24. The van der Waals surface area contributed by atoms with Crippen LogP contribution in [-0.4, -0.2) is 30.9 Å². The number of aromatic nitrogens is 1. The molecular formula is C27H23ClN2O5. The van der Waals surface area contributed by atoms with Crippen LogP contribution in [0.5, 0.6) is 0 Å². The fourth-order valence-corrected chi connectivity index (χ4v) is 3.86. The highest BCUT2D eigenvalue weighted by molar-refractivity contribution is 6.31. The van der Waals surface area contributed by atoms with Gasteiger partial charge in [0.1, 0.15) is 11.4 Å². The maximum absolute atomic E-state index is 12.4. The maximum atomic E-state index is 12.4. The summed E-state index contributed by atoms with van der Waals surface area (Å²) in [6, 6.07) is 22.0. The average molecular weight is 491 g/mol. The molecule has 1 amide bonds. The standard InChI is InChI=1S/C27H23ClN2O5/c1-17-24(29-27(32)34-16-15-19-7-3-6-10-23(19)28)25(35-30-17)20-13-11-18(12-14-20)21-8-4-5-9-22(21)26(31)33-2/h3-14H,15-16H2,1-2H3,(H,29,32). The minimum Gasteiger partial charge on any atom is -0.465 e. The van der Waals surface area contributed by atoms with Gasteiger partial charge in [-0.25, -0.2) is 9.59 Å². The molecule has 0 saturated heterocycles. The summed E-state index contributed by atoms with van der Waals surface area (Å²) in [6.07, 6.45) is -0.120. The van der Waals surface area contributed by atoms with Gasteiger partial charge in [0.05, 0.1) is 19.3 Å². The van der Waals surface area contributed by atoms with Gasteiger partial charge in [0.25, 0.3) is 0 Å². The van der Waals surface area contributed by atoms with Gasteiger partial charge in [-0.3, -0.25) is 5.32 Å². The van der Waals surface area contributed by atoms with Crippen LogP contribution < -0.4 is 5.32 Å². The molecule has 1 heterocycles. The Balaban J connectivity index is 1.47. The molecule has 1 N–H and O–H groups in total. The summed E-state index contributed by atoms with van der Waals surface area (Å²) < 4.78 is 15.7. The monoisotopic (exact) mass is 490 g/mol. The summed E-state index contributed by atoms with van der Waals surface area (Å²) in [7, 11) is 1.35. The summed E-state index contributed by atoms with van der Waals surface area (Å²) >= 11 is 6.15. The van der Waals surface area contributed by atoms with Crippen LogP contribution >= 0.6 is 11.6 Å². The van der Waals surface area contributed by atoms with Gasteiger partial charge in [-0.05, 0) is 35.7 Å². The molecule has 3 aromatic carbocycles. The molecule has 4 rings (SSSR count). The van der Waals surface area contributed by atoms with Crippen LogP contribution in [-0.2, 0) is 15.9 Å². The van der Waals surface area contributed by atoms with Crippen molar-refractivity contribution < 1.29 is 23.6 Å². The predicted octanol–water partition coefficient (Wildman–Crippen LogP) is 6.55. The summed E-state index contributed by atoms with van der Waals surface area (Å²) in [4.78, 5) is 24.5. The number of amides is 1. The largest absolute Gasteiger partial charge is 0.465 e. The van der Waals surface area contributed by atoms with Crippen molar-refractivity contribution >= 4 is 29.4 Å². The highest BCUT2D eigenvalue weighted by atomic mass is 35.5. The van der Waals surface area contributed by atoms with Crippen molar-refractivity contribution in [2.24, 2.45) is 0 Å². The fourth-order valence-electron chi connectivity index (χ4n) is 3.63. The normalized spacial score (nSPS) is 10.6. The number of anilines is 1. The predicted molar refractivity (Wildman–Crippen MR) is 134 cm³/mol. The molecule has 0 aliphatic rings. The molecule has 178 valence electrons. The third-order valence-electron chi connectivity index (χ3n) is 5.44. The van der Waals surface area contributed by atoms with Crippen molar-refractivity contribution in [2.45, 2.75) is 13.3 Å². The molecule has 8 heteroatoms. The number of hydrogen-bond donors (Lipinski definition) is 1. The number of rotatable bonds is 7. The fraction of sp³-hybridized carbons (Fsp3) is 0.148. The summed E-state index contributed by atoms with van der Waals surface area (Å²) in [5.41, 5.74) is 4.60. The topological polar surface area (TPSA) is 90.7 Å². The molecule has 1 aromatic heterocycles. The number of hydrogen-bond acceptors (Lipinski definition) is 6. The molecular weight excluding hydrogens is 468 g/mol. The van der Waals surface area contributed by atoms with E-state index in [1.807, 2.05) is 54.6 Å². The SMILES string of the molecule is COC(=O)c1ccccc1-c1ccc(-c2onc(C)c2NC(=O)OCCc2ccccc2Cl)cc1. The number of methoxy groups -OCH3 is 1. The quantitative estimate of drug-likeness (QED) is 0.295. The first-order valence-electron chi connectivity index (χ1n) is 10.9. The van der Waals surface area contributed by atoms with Crippen LogP contribution in [0.1, 0.15) is 21.6 Å².